The second-order valence-electron chi connectivity index (χ2n) is 8.57. The van der Waals surface area contributed by atoms with Crippen molar-refractivity contribution in [2.45, 2.75) is 77.3 Å². The fourth-order valence-corrected chi connectivity index (χ4v) is 3.68. The number of carbonyl (C=O) groups is 3. The number of hydrogen-bond donors (Lipinski definition) is 2. The van der Waals surface area contributed by atoms with Crippen LogP contribution in [0.15, 0.2) is 25.3 Å². The largest absolute Gasteiger partial charge is 0.463 e. The summed E-state index contributed by atoms with van der Waals surface area (Å²) in [5.74, 6) is -1.11. The van der Waals surface area contributed by atoms with Gasteiger partial charge in [-0.15, -0.1) is 13.2 Å². The van der Waals surface area contributed by atoms with Crippen molar-refractivity contribution in [3.8, 4) is 0 Å². The Morgan fingerprint density at radius 1 is 1.23 bits per heavy atom. The molecule has 0 aliphatic carbocycles. The van der Waals surface area contributed by atoms with E-state index in [1.54, 1.807) is 11.0 Å². The molecule has 176 valence electrons. The van der Waals surface area contributed by atoms with Gasteiger partial charge in [0, 0.05) is 19.4 Å². The van der Waals surface area contributed by atoms with E-state index in [1.807, 2.05) is 19.9 Å². The third-order valence-electron chi connectivity index (χ3n) is 5.75. The van der Waals surface area contributed by atoms with E-state index in [9.17, 15) is 19.5 Å². The number of unbranched alkanes of at least 4 members (excludes halogenated alkanes) is 2. The first-order valence-electron chi connectivity index (χ1n) is 11.4. The Hall–Kier alpha value is -2.15. The number of allylic oxidation sites excluding steroid dienone is 2. The fourth-order valence-electron chi connectivity index (χ4n) is 3.68. The monoisotopic (exact) mass is 436 g/mol. The lowest BCUT2D eigenvalue weighted by Gasteiger charge is -2.27. The zero-order valence-electron chi connectivity index (χ0n) is 19.2. The minimum Gasteiger partial charge on any atom is -0.463 e. The number of nitrogens with one attached hydrogen (secondary N) is 1. The molecule has 0 aromatic heterocycles. The number of amides is 2. The minimum atomic E-state index is -0.541. The molecule has 0 aromatic carbocycles. The zero-order valence-corrected chi connectivity index (χ0v) is 19.2. The van der Waals surface area contributed by atoms with E-state index in [1.165, 1.54) is 0 Å². The van der Waals surface area contributed by atoms with Gasteiger partial charge < -0.3 is 20.1 Å². The SMILES string of the molecule is C=CCCCCC(=O)OC[C@@H](NC(=O)[C@H](CC=C)CC(=O)N1CCC[C@H]1CO)C(C)C. The number of nitrogens with zero attached hydrogens (tertiary/aromatic N) is 1. The summed E-state index contributed by atoms with van der Waals surface area (Å²) in [7, 11) is 0. The Balaban J connectivity index is 2.61. The van der Waals surface area contributed by atoms with Crippen LogP contribution in [0.3, 0.4) is 0 Å². The molecule has 1 fully saturated rings. The average Bonchev–Trinajstić information content (AvgIpc) is 3.22. The van der Waals surface area contributed by atoms with E-state index in [4.69, 9.17) is 4.74 Å². The highest BCUT2D eigenvalue weighted by Gasteiger charge is 2.32. The van der Waals surface area contributed by atoms with Gasteiger partial charge in [0.05, 0.1) is 24.6 Å². The zero-order chi connectivity index (χ0) is 23.2. The lowest BCUT2D eigenvalue weighted by Crippen LogP contribution is -2.46. The molecule has 0 spiro atoms. The standard InChI is InChI=1S/C24H40N2O5/c1-5-7-8-9-13-23(29)31-17-21(18(3)4)25-24(30)19(11-6-2)15-22(28)26-14-10-12-20(26)16-27/h5-6,18-21,27H,1-2,7-17H2,3-4H3,(H,25,30)/t19-,20+,21-/m1/s1. The van der Waals surface area contributed by atoms with Crippen molar-refractivity contribution in [1.29, 1.82) is 0 Å². The van der Waals surface area contributed by atoms with Crippen molar-refractivity contribution in [1.82, 2.24) is 10.2 Å². The van der Waals surface area contributed by atoms with Crippen LogP contribution in [0.25, 0.3) is 0 Å². The molecular weight excluding hydrogens is 396 g/mol. The number of likely N-dealkylation sites (tertiary alicyclic amines) is 1. The Morgan fingerprint density at radius 3 is 2.58 bits per heavy atom. The van der Waals surface area contributed by atoms with Gasteiger partial charge in [-0.1, -0.05) is 26.0 Å². The van der Waals surface area contributed by atoms with Crippen LogP contribution in [-0.2, 0) is 19.1 Å². The predicted molar refractivity (Wildman–Crippen MR) is 121 cm³/mol. The van der Waals surface area contributed by atoms with Crippen molar-refractivity contribution in [3.05, 3.63) is 25.3 Å². The number of aliphatic hydroxyl groups is 1. The van der Waals surface area contributed by atoms with E-state index in [2.05, 4.69) is 18.5 Å². The number of esters is 1. The predicted octanol–water partition coefficient (Wildman–Crippen LogP) is 2.98. The first-order valence-corrected chi connectivity index (χ1v) is 11.4. The molecule has 0 aromatic rings. The first-order chi connectivity index (χ1) is 14.8. The molecule has 1 aliphatic heterocycles. The summed E-state index contributed by atoms with van der Waals surface area (Å²) in [6, 6.07) is -0.488. The number of ether oxygens (including phenoxy) is 1. The lowest BCUT2D eigenvalue weighted by molar-refractivity contribution is -0.145. The van der Waals surface area contributed by atoms with Gasteiger partial charge in [-0.25, -0.2) is 0 Å². The smallest absolute Gasteiger partial charge is 0.305 e. The van der Waals surface area contributed by atoms with Crippen molar-refractivity contribution in [2.75, 3.05) is 19.8 Å². The third-order valence-corrected chi connectivity index (χ3v) is 5.75. The molecule has 1 rings (SSSR count). The average molecular weight is 437 g/mol. The molecule has 0 radical (unpaired) electrons. The molecule has 1 aliphatic rings. The topological polar surface area (TPSA) is 95.9 Å². The molecule has 7 nitrogen and oxygen atoms in total. The maximum Gasteiger partial charge on any atom is 0.305 e. The maximum atomic E-state index is 12.9. The van der Waals surface area contributed by atoms with E-state index in [0.717, 1.165) is 32.1 Å². The highest BCUT2D eigenvalue weighted by atomic mass is 16.5. The molecular formula is C24H40N2O5. The van der Waals surface area contributed by atoms with Gasteiger partial charge in [0.2, 0.25) is 11.8 Å². The summed E-state index contributed by atoms with van der Waals surface area (Å²) in [6.45, 7) is 11.9. The molecule has 0 unspecified atom stereocenters. The number of aliphatic hydroxyl groups excluding tert-OH is 1. The summed E-state index contributed by atoms with van der Waals surface area (Å²) in [4.78, 5) is 39.3. The molecule has 0 bridgehead atoms. The van der Waals surface area contributed by atoms with Gasteiger partial charge in [-0.05, 0) is 44.4 Å². The maximum absolute atomic E-state index is 12.9. The molecule has 2 amide bonds. The second kappa shape index (κ2) is 14.8. The van der Waals surface area contributed by atoms with Crippen molar-refractivity contribution >= 4 is 17.8 Å². The van der Waals surface area contributed by atoms with Crippen LogP contribution in [-0.4, -0.2) is 59.6 Å². The van der Waals surface area contributed by atoms with Gasteiger partial charge in [0.1, 0.15) is 6.61 Å². The summed E-state index contributed by atoms with van der Waals surface area (Å²) in [6.07, 6.45) is 8.43. The number of hydrogen-bond acceptors (Lipinski definition) is 5. The minimum absolute atomic E-state index is 0.0571. The fraction of sp³-hybridized carbons (Fsp3) is 0.708. The van der Waals surface area contributed by atoms with Crippen LogP contribution < -0.4 is 5.32 Å². The van der Waals surface area contributed by atoms with Crippen LogP contribution in [0.4, 0.5) is 0 Å². The van der Waals surface area contributed by atoms with Crippen molar-refractivity contribution in [2.24, 2.45) is 11.8 Å². The van der Waals surface area contributed by atoms with Crippen molar-refractivity contribution < 1.29 is 24.2 Å². The quantitative estimate of drug-likeness (QED) is 0.234. The normalized spacial score (nSPS) is 17.8. The highest BCUT2D eigenvalue weighted by molar-refractivity contribution is 5.86. The highest BCUT2D eigenvalue weighted by Crippen LogP contribution is 2.21. The van der Waals surface area contributed by atoms with Gasteiger partial charge in [0.15, 0.2) is 0 Å². The Morgan fingerprint density at radius 2 is 1.97 bits per heavy atom. The molecule has 3 atom stereocenters. The summed E-state index contributed by atoms with van der Waals surface area (Å²) in [5, 5.41) is 12.4. The molecule has 0 saturated carbocycles. The van der Waals surface area contributed by atoms with Crippen LogP contribution in [0, 0.1) is 11.8 Å². The molecule has 2 N–H and O–H groups in total. The summed E-state index contributed by atoms with van der Waals surface area (Å²) in [5.41, 5.74) is 0. The van der Waals surface area contributed by atoms with E-state index >= 15 is 0 Å². The van der Waals surface area contributed by atoms with Crippen LogP contribution in [0.2, 0.25) is 0 Å². The van der Waals surface area contributed by atoms with E-state index < -0.39 is 5.92 Å². The Bertz CT molecular complexity index is 605. The van der Waals surface area contributed by atoms with Crippen LogP contribution >= 0.6 is 0 Å². The molecule has 7 heteroatoms. The van der Waals surface area contributed by atoms with Crippen LogP contribution in [0.1, 0.15) is 65.2 Å². The van der Waals surface area contributed by atoms with Gasteiger partial charge in [-0.2, -0.15) is 0 Å². The second-order valence-corrected chi connectivity index (χ2v) is 8.57. The lowest BCUT2D eigenvalue weighted by atomic mass is 9.97. The van der Waals surface area contributed by atoms with E-state index in [-0.39, 0.29) is 55.4 Å². The Labute approximate surface area is 186 Å². The van der Waals surface area contributed by atoms with E-state index in [0.29, 0.717) is 19.4 Å². The van der Waals surface area contributed by atoms with Gasteiger partial charge in [0.25, 0.3) is 0 Å². The van der Waals surface area contributed by atoms with Gasteiger partial charge >= 0.3 is 5.97 Å². The summed E-state index contributed by atoms with van der Waals surface area (Å²) < 4.78 is 5.37. The van der Waals surface area contributed by atoms with Crippen LogP contribution in [0.5, 0.6) is 0 Å². The molecule has 1 saturated heterocycles. The third kappa shape index (κ3) is 9.68. The number of rotatable bonds is 15. The molecule has 31 heavy (non-hydrogen) atoms. The molecule has 1 heterocycles. The van der Waals surface area contributed by atoms with Gasteiger partial charge in [-0.3, -0.25) is 14.4 Å². The first kappa shape index (κ1) is 26.9. The van der Waals surface area contributed by atoms with Crippen molar-refractivity contribution in [3.63, 3.8) is 0 Å². The number of carbonyl (C=O) groups excluding carboxylic acids is 3. The summed E-state index contributed by atoms with van der Waals surface area (Å²) >= 11 is 0. The Kier molecular flexibility index (Phi) is 12.8.